The minimum absolute atomic E-state index is 0.332. The summed E-state index contributed by atoms with van der Waals surface area (Å²) in [5, 5.41) is 0.562. The van der Waals surface area contributed by atoms with Crippen molar-refractivity contribution in [1.82, 2.24) is 9.97 Å². The van der Waals surface area contributed by atoms with Crippen LogP contribution in [0.3, 0.4) is 0 Å². The van der Waals surface area contributed by atoms with Crippen molar-refractivity contribution < 1.29 is 0 Å². The normalized spacial score (nSPS) is 10.8. The third kappa shape index (κ3) is 2.07. The summed E-state index contributed by atoms with van der Waals surface area (Å²) in [6.45, 7) is 6.05. The Bertz CT molecular complexity index is 276. The number of halogens is 2. The molecule has 2 nitrogen and oxygen atoms in total. The zero-order valence-electron chi connectivity index (χ0n) is 7.23. The maximum Gasteiger partial charge on any atom is 0.146 e. The number of hydrogen-bond donors (Lipinski definition) is 0. The average Bonchev–Trinajstić information content (AvgIpc) is 1.99. The Labute approximate surface area is 90.9 Å². The predicted molar refractivity (Wildman–Crippen MR) is 58.6 cm³/mol. The summed E-state index contributed by atoms with van der Waals surface area (Å²) in [4.78, 5) is 8.51. The lowest BCUT2D eigenvalue weighted by atomic mass is 10.2. The third-order valence-corrected chi connectivity index (χ3v) is 3.39. The highest BCUT2D eigenvalue weighted by atomic mass is 127. The first-order valence-corrected chi connectivity index (χ1v) is 5.17. The molecule has 0 aliphatic heterocycles. The minimum atomic E-state index is 0.332. The van der Waals surface area contributed by atoms with Crippen molar-refractivity contribution in [3.8, 4) is 0 Å². The van der Waals surface area contributed by atoms with Crippen LogP contribution in [0.2, 0.25) is 5.15 Å². The van der Waals surface area contributed by atoms with E-state index in [0.717, 1.165) is 15.1 Å². The molecule has 1 aromatic heterocycles. The lowest BCUT2D eigenvalue weighted by Crippen LogP contribution is -2.01. The maximum absolute atomic E-state index is 5.90. The molecule has 0 unspecified atom stereocenters. The van der Waals surface area contributed by atoms with E-state index < -0.39 is 0 Å². The molecule has 0 aromatic carbocycles. The molecule has 66 valence electrons. The van der Waals surface area contributed by atoms with Crippen LogP contribution in [0.25, 0.3) is 0 Å². The predicted octanol–water partition coefficient (Wildman–Crippen LogP) is 3.17. The average molecular weight is 297 g/mol. The van der Waals surface area contributed by atoms with Gasteiger partial charge in [-0.1, -0.05) is 25.4 Å². The SMILES string of the molecule is Cc1nc(C(C)C)nc(Cl)c1I. The van der Waals surface area contributed by atoms with E-state index in [2.05, 4.69) is 46.4 Å². The van der Waals surface area contributed by atoms with Crippen molar-refractivity contribution in [1.29, 1.82) is 0 Å². The van der Waals surface area contributed by atoms with Gasteiger partial charge in [0.25, 0.3) is 0 Å². The van der Waals surface area contributed by atoms with E-state index in [1.165, 1.54) is 0 Å². The Balaban J connectivity index is 3.21. The summed E-state index contributed by atoms with van der Waals surface area (Å²) in [7, 11) is 0. The van der Waals surface area contributed by atoms with E-state index in [9.17, 15) is 0 Å². The molecular formula is C8H10ClIN2. The minimum Gasteiger partial charge on any atom is -0.237 e. The number of nitrogens with zero attached hydrogens (tertiary/aromatic N) is 2. The standard InChI is InChI=1S/C8H10ClIN2/c1-4(2)8-11-5(3)6(10)7(9)12-8/h4H,1-3H3. The van der Waals surface area contributed by atoms with Crippen LogP contribution in [0, 0.1) is 10.5 Å². The number of aryl methyl sites for hydroxylation is 1. The van der Waals surface area contributed by atoms with Crippen LogP contribution in [0.4, 0.5) is 0 Å². The van der Waals surface area contributed by atoms with Crippen molar-refractivity contribution >= 4 is 34.2 Å². The lowest BCUT2D eigenvalue weighted by Gasteiger charge is -2.06. The molecule has 0 bridgehead atoms. The first-order valence-electron chi connectivity index (χ1n) is 3.72. The number of hydrogen-bond acceptors (Lipinski definition) is 2. The third-order valence-electron chi connectivity index (χ3n) is 1.51. The van der Waals surface area contributed by atoms with Gasteiger partial charge in [-0.2, -0.15) is 0 Å². The lowest BCUT2D eigenvalue weighted by molar-refractivity contribution is 0.764. The summed E-state index contributed by atoms with van der Waals surface area (Å²) in [6.07, 6.45) is 0. The summed E-state index contributed by atoms with van der Waals surface area (Å²) in [5.74, 6) is 1.15. The van der Waals surface area contributed by atoms with Gasteiger partial charge in [0.2, 0.25) is 0 Å². The first kappa shape index (κ1) is 10.2. The van der Waals surface area contributed by atoms with Gasteiger partial charge in [0, 0.05) is 5.92 Å². The molecule has 0 saturated heterocycles. The van der Waals surface area contributed by atoms with Crippen LogP contribution in [-0.4, -0.2) is 9.97 Å². The van der Waals surface area contributed by atoms with Gasteiger partial charge < -0.3 is 0 Å². The van der Waals surface area contributed by atoms with Crippen LogP contribution < -0.4 is 0 Å². The van der Waals surface area contributed by atoms with Gasteiger partial charge in [0.1, 0.15) is 11.0 Å². The number of aromatic nitrogens is 2. The highest BCUT2D eigenvalue weighted by molar-refractivity contribution is 14.1. The Morgan fingerprint density at radius 1 is 1.33 bits per heavy atom. The second kappa shape index (κ2) is 3.87. The fraction of sp³-hybridized carbons (Fsp3) is 0.500. The molecule has 1 aromatic rings. The molecule has 4 heteroatoms. The fourth-order valence-corrected chi connectivity index (χ4v) is 1.27. The van der Waals surface area contributed by atoms with E-state index in [4.69, 9.17) is 11.6 Å². The van der Waals surface area contributed by atoms with Gasteiger partial charge in [-0.15, -0.1) is 0 Å². The maximum atomic E-state index is 5.90. The molecule has 1 rings (SSSR count). The summed E-state index contributed by atoms with van der Waals surface area (Å²) in [6, 6.07) is 0. The molecule has 0 radical (unpaired) electrons. The Hall–Kier alpha value is 0.100. The molecule has 0 N–H and O–H groups in total. The zero-order chi connectivity index (χ0) is 9.30. The van der Waals surface area contributed by atoms with Gasteiger partial charge in [-0.3, -0.25) is 0 Å². The Kier molecular flexibility index (Phi) is 3.29. The molecule has 0 atom stereocenters. The summed E-state index contributed by atoms with van der Waals surface area (Å²) in [5.41, 5.74) is 0.958. The Morgan fingerprint density at radius 2 is 1.92 bits per heavy atom. The monoisotopic (exact) mass is 296 g/mol. The van der Waals surface area contributed by atoms with Crippen molar-refractivity contribution in [3.05, 3.63) is 20.2 Å². The van der Waals surface area contributed by atoms with Crippen LogP contribution in [0.1, 0.15) is 31.3 Å². The molecule has 0 amide bonds. The topological polar surface area (TPSA) is 25.8 Å². The van der Waals surface area contributed by atoms with E-state index in [1.807, 2.05) is 6.92 Å². The zero-order valence-corrected chi connectivity index (χ0v) is 10.1. The second-order valence-corrected chi connectivity index (χ2v) is 4.36. The molecule has 0 aliphatic rings. The Morgan fingerprint density at radius 3 is 2.33 bits per heavy atom. The van der Waals surface area contributed by atoms with Gasteiger partial charge in [0.15, 0.2) is 0 Å². The van der Waals surface area contributed by atoms with Crippen LogP contribution >= 0.6 is 34.2 Å². The van der Waals surface area contributed by atoms with Crippen molar-refractivity contribution in [2.45, 2.75) is 26.7 Å². The highest BCUT2D eigenvalue weighted by Gasteiger charge is 2.09. The fourth-order valence-electron chi connectivity index (χ4n) is 0.803. The van der Waals surface area contributed by atoms with Crippen LogP contribution in [0.15, 0.2) is 0 Å². The molecule has 1 heterocycles. The first-order chi connectivity index (χ1) is 5.52. The molecule has 0 spiro atoms. The molecule has 0 fully saturated rings. The smallest absolute Gasteiger partial charge is 0.146 e. The molecule has 0 saturated carbocycles. The molecule has 12 heavy (non-hydrogen) atoms. The molecular weight excluding hydrogens is 286 g/mol. The largest absolute Gasteiger partial charge is 0.237 e. The van der Waals surface area contributed by atoms with Crippen LogP contribution in [-0.2, 0) is 0 Å². The van der Waals surface area contributed by atoms with E-state index in [-0.39, 0.29) is 0 Å². The molecule has 0 aliphatic carbocycles. The van der Waals surface area contributed by atoms with E-state index >= 15 is 0 Å². The van der Waals surface area contributed by atoms with Crippen molar-refractivity contribution in [3.63, 3.8) is 0 Å². The van der Waals surface area contributed by atoms with E-state index in [0.29, 0.717) is 11.1 Å². The van der Waals surface area contributed by atoms with Gasteiger partial charge >= 0.3 is 0 Å². The van der Waals surface area contributed by atoms with Gasteiger partial charge in [0.05, 0.1) is 9.26 Å². The highest BCUT2D eigenvalue weighted by Crippen LogP contribution is 2.20. The van der Waals surface area contributed by atoms with Crippen LogP contribution in [0.5, 0.6) is 0 Å². The second-order valence-electron chi connectivity index (χ2n) is 2.93. The number of rotatable bonds is 1. The summed E-state index contributed by atoms with van der Waals surface area (Å²) >= 11 is 8.06. The summed E-state index contributed by atoms with van der Waals surface area (Å²) < 4.78 is 0.943. The van der Waals surface area contributed by atoms with E-state index in [1.54, 1.807) is 0 Å². The van der Waals surface area contributed by atoms with Crippen molar-refractivity contribution in [2.75, 3.05) is 0 Å². The van der Waals surface area contributed by atoms with Gasteiger partial charge in [-0.05, 0) is 29.5 Å². The van der Waals surface area contributed by atoms with Crippen molar-refractivity contribution in [2.24, 2.45) is 0 Å². The quantitative estimate of drug-likeness (QED) is 0.587. The van der Waals surface area contributed by atoms with Gasteiger partial charge in [-0.25, -0.2) is 9.97 Å².